The Balaban J connectivity index is 1.52. The van der Waals surface area contributed by atoms with E-state index in [1.54, 1.807) is 42.5 Å². The Morgan fingerprint density at radius 3 is 2.62 bits per heavy atom. The van der Waals surface area contributed by atoms with Gasteiger partial charge in [0.25, 0.3) is 0 Å². The molecule has 1 saturated heterocycles. The summed E-state index contributed by atoms with van der Waals surface area (Å²) in [5.41, 5.74) is 2.04. The SMILES string of the molecule is [B]c1ccc(Oc2cccc(CC(=O)OC)c2)c(CN2C[C@H](c3cc(F)cc(F)c3)OC2=O)c1. The fraction of sp³-hybridized carbons (Fsp3) is 0.200. The standard InChI is InChI=1S/C25H20BF2NO5/c1-32-24(30)8-15-3-2-4-21(7-15)33-22-6-5-18(26)9-17(22)13-29-14-23(34-25(29)31)16-10-19(27)12-20(28)11-16/h2-7,9-12,23H,8,13-14H2,1H3/t23-/m1/s1. The molecule has 0 N–H and O–H groups in total. The fourth-order valence-electron chi connectivity index (χ4n) is 3.68. The maximum Gasteiger partial charge on any atom is 0.410 e. The number of carbonyl (C=O) groups excluding carboxylic acids is 2. The van der Waals surface area contributed by atoms with Crippen LogP contribution in [0.1, 0.15) is 22.8 Å². The van der Waals surface area contributed by atoms with Crippen LogP contribution in [0.3, 0.4) is 0 Å². The largest absolute Gasteiger partial charge is 0.469 e. The summed E-state index contributed by atoms with van der Waals surface area (Å²) < 4.78 is 43.2. The molecule has 3 aromatic rings. The van der Waals surface area contributed by atoms with Gasteiger partial charge in [-0.1, -0.05) is 29.7 Å². The third-order valence-electron chi connectivity index (χ3n) is 5.29. The van der Waals surface area contributed by atoms with E-state index in [9.17, 15) is 18.4 Å². The summed E-state index contributed by atoms with van der Waals surface area (Å²) in [5.74, 6) is -0.913. The van der Waals surface area contributed by atoms with E-state index in [0.717, 1.165) is 23.8 Å². The number of carbonyl (C=O) groups is 2. The third-order valence-corrected chi connectivity index (χ3v) is 5.29. The molecular formula is C25H20BF2NO5. The summed E-state index contributed by atoms with van der Waals surface area (Å²) in [6.07, 6.45) is -1.33. The maximum absolute atomic E-state index is 13.6. The molecule has 0 bridgehead atoms. The minimum atomic E-state index is -0.807. The molecular weight excluding hydrogens is 443 g/mol. The molecule has 0 unspecified atom stereocenters. The molecule has 6 nitrogen and oxygen atoms in total. The third kappa shape index (κ3) is 5.54. The number of hydrogen-bond donors (Lipinski definition) is 0. The van der Waals surface area contributed by atoms with Crippen LogP contribution < -0.4 is 10.2 Å². The minimum Gasteiger partial charge on any atom is -0.469 e. The second-order valence-electron chi connectivity index (χ2n) is 7.83. The van der Waals surface area contributed by atoms with Gasteiger partial charge in [-0.25, -0.2) is 13.6 Å². The molecule has 1 atom stereocenters. The van der Waals surface area contributed by atoms with Crippen molar-refractivity contribution in [3.63, 3.8) is 0 Å². The lowest BCUT2D eigenvalue weighted by Gasteiger charge is -2.17. The molecule has 1 aliphatic rings. The zero-order valence-electron chi connectivity index (χ0n) is 18.3. The van der Waals surface area contributed by atoms with Crippen molar-refractivity contribution >= 4 is 25.4 Å². The summed E-state index contributed by atoms with van der Waals surface area (Å²) in [6, 6.07) is 15.0. The van der Waals surface area contributed by atoms with Crippen LogP contribution in [0, 0.1) is 11.6 Å². The van der Waals surface area contributed by atoms with Gasteiger partial charge in [0.15, 0.2) is 0 Å². The fourth-order valence-corrected chi connectivity index (χ4v) is 3.68. The Labute approximate surface area is 196 Å². The van der Waals surface area contributed by atoms with Crippen molar-refractivity contribution < 1.29 is 32.6 Å². The lowest BCUT2D eigenvalue weighted by molar-refractivity contribution is -0.139. The molecule has 0 aliphatic carbocycles. The van der Waals surface area contributed by atoms with E-state index >= 15 is 0 Å². The van der Waals surface area contributed by atoms with Gasteiger partial charge in [-0.2, -0.15) is 0 Å². The minimum absolute atomic E-state index is 0.101. The van der Waals surface area contributed by atoms with Gasteiger partial charge in [0.2, 0.25) is 0 Å². The molecule has 3 aromatic carbocycles. The average molecular weight is 463 g/mol. The zero-order valence-corrected chi connectivity index (χ0v) is 18.3. The van der Waals surface area contributed by atoms with Gasteiger partial charge in [-0.05, 0) is 35.9 Å². The molecule has 0 aromatic heterocycles. The molecule has 2 radical (unpaired) electrons. The smallest absolute Gasteiger partial charge is 0.410 e. The van der Waals surface area contributed by atoms with E-state index in [1.165, 1.54) is 12.0 Å². The maximum atomic E-state index is 13.6. The van der Waals surface area contributed by atoms with Crippen molar-refractivity contribution in [1.82, 2.24) is 4.90 Å². The van der Waals surface area contributed by atoms with Crippen LogP contribution in [0.4, 0.5) is 13.6 Å². The number of rotatable bonds is 7. The molecule has 1 amide bonds. The van der Waals surface area contributed by atoms with Crippen molar-refractivity contribution in [2.75, 3.05) is 13.7 Å². The normalized spacial score (nSPS) is 15.2. The summed E-state index contributed by atoms with van der Waals surface area (Å²) >= 11 is 0. The number of esters is 1. The first kappa shape index (κ1) is 23.3. The summed E-state index contributed by atoms with van der Waals surface area (Å²) in [5, 5.41) is 0. The number of nitrogens with zero attached hydrogens (tertiary/aromatic N) is 1. The highest BCUT2D eigenvalue weighted by Gasteiger charge is 2.33. The Bertz CT molecular complexity index is 1220. The molecule has 34 heavy (non-hydrogen) atoms. The van der Waals surface area contributed by atoms with Crippen LogP contribution >= 0.6 is 0 Å². The number of ether oxygens (including phenoxy) is 3. The van der Waals surface area contributed by atoms with Crippen LogP contribution in [-0.2, 0) is 27.2 Å². The summed E-state index contributed by atoms with van der Waals surface area (Å²) in [4.78, 5) is 25.4. The quantitative estimate of drug-likeness (QED) is 0.392. The predicted molar refractivity (Wildman–Crippen MR) is 120 cm³/mol. The van der Waals surface area contributed by atoms with Crippen LogP contribution in [-0.4, -0.2) is 38.5 Å². The number of cyclic esters (lactones) is 1. The van der Waals surface area contributed by atoms with Crippen LogP contribution in [0.2, 0.25) is 0 Å². The van der Waals surface area contributed by atoms with E-state index in [1.807, 2.05) is 0 Å². The highest BCUT2D eigenvalue weighted by molar-refractivity contribution is 6.32. The van der Waals surface area contributed by atoms with Crippen molar-refractivity contribution in [2.24, 2.45) is 0 Å². The monoisotopic (exact) mass is 463 g/mol. The first-order valence-electron chi connectivity index (χ1n) is 10.4. The lowest BCUT2D eigenvalue weighted by Crippen LogP contribution is -2.24. The predicted octanol–water partition coefficient (Wildman–Crippen LogP) is 3.96. The molecule has 9 heteroatoms. The number of methoxy groups -OCH3 is 1. The second kappa shape index (κ2) is 9.95. The zero-order chi connectivity index (χ0) is 24.2. The van der Waals surface area contributed by atoms with Gasteiger partial charge in [0.1, 0.15) is 37.1 Å². The molecule has 0 spiro atoms. The summed E-state index contributed by atoms with van der Waals surface area (Å²) in [6.45, 7) is 0.208. The number of halogens is 2. The van der Waals surface area contributed by atoms with E-state index in [-0.39, 0.29) is 31.0 Å². The summed E-state index contributed by atoms with van der Waals surface area (Å²) in [7, 11) is 7.27. The van der Waals surface area contributed by atoms with Crippen molar-refractivity contribution in [2.45, 2.75) is 19.1 Å². The lowest BCUT2D eigenvalue weighted by atomic mass is 9.94. The van der Waals surface area contributed by atoms with Gasteiger partial charge in [-0.3, -0.25) is 9.69 Å². The van der Waals surface area contributed by atoms with Gasteiger partial charge in [0, 0.05) is 17.2 Å². The van der Waals surface area contributed by atoms with E-state index < -0.39 is 23.8 Å². The first-order chi connectivity index (χ1) is 16.3. The second-order valence-corrected chi connectivity index (χ2v) is 7.83. The van der Waals surface area contributed by atoms with Crippen LogP contribution in [0.5, 0.6) is 11.5 Å². The van der Waals surface area contributed by atoms with Gasteiger partial charge >= 0.3 is 12.1 Å². The molecule has 1 fully saturated rings. The van der Waals surface area contributed by atoms with Crippen molar-refractivity contribution in [3.8, 4) is 11.5 Å². The molecule has 0 saturated carbocycles. The molecule has 1 aliphatic heterocycles. The first-order valence-corrected chi connectivity index (χ1v) is 10.4. The Morgan fingerprint density at radius 2 is 1.88 bits per heavy atom. The highest BCUT2D eigenvalue weighted by Crippen LogP contribution is 2.31. The Kier molecular flexibility index (Phi) is 6.81. The van der Waals surface area contributed by atoms with Crippen molar-refractivity contribution in [3.05, 3.63) is 89.0 Å². The molecule has 1 heterocycles. The van der Waals surface area contributed by atoms with Gasteiger partial charge in [-0.15, -0.1) is 0 Å². The average Bonchev–Trinajstić information content (AvgIpc) is 3.15. The Morgan fingerprint density at radius 1 is 1.12 bits per heavy atom. The topological polar surface area (TPSA) is 65.1 Å². The number of hydrogen-bond acceptors (Lipinski definition) is 5. The number of benzene rings is 3. The molecule has 4 rings (SSSR count). The van der Waals surface area contributed by atoms with Gasteiger partial charge < -0.3 is 14.2 Å². The van der Waals surface area contributed by atoms with E-state index in [2.05, 4.69) is 0 Å². The van der Waals surface area contributed by atoms with Gasteiger partial charge in [0.05, 0.1) is 26.6 Å². The van der Waals surface area contributed by atoms with E-state index in [0.29, 0.717) is 22.5 Å². The van der Waals surface area contributed by atoms with Crippen molar-refractivity contribution in [1.29, 1.82) is 0 Å². The van der Waals surface area contributed by atoms with Crippen LogP contribution in [0.25, 0.3) is 0 Å². The molecule has 172 valence electrons. The van der Waals surface area contributed by atoms with E-state index in [4.69, 9.17) is 22.1 Å². The Hall–Kier alpha value is -3.88. The highest BCUT2D eigenvalue weighted by atomic mass is 19.1. The number of amides is 1. The van der Waals surface area contributed by atoms with Crippen LogP contribution in [0.15, 0.2) is 60.7 Å².